The molecule has 0 saturated carbocycles. The van der Waals surface area contributed by atoms with E-state index in [1.54, 1.807) is 23.7 Å². The SMILES string of the molecule is Cc1cc(Nc2ncnc3sc4c(c23)CCN(C(=O)/C=C/CN(C)C)C4)ccc1Cl. The van der Waals surface area contributed by atoms with Gasteiger partial charge in [0.05, 0.1) is 11.9 Å². The number of hydrogen-bond acceptors (Lipinski definition) is 6. The molecule has 0 spiro atoms. The van der Waals surface area contributed by atoms with Gasteiger partial charge in [-0.15, -0.1) is 11.3 Å². The molecule has 1 amide bonds. The number of benzene rings is 1. The predicted octanol–water partition coefficient (Wildman–Crippen LogP) is 4.40. The van der Waals surface area contributed by atoms with E-state index >= 15 is 0 Å². The first-order valence-corrected chi connectivity index (χ1v) is 11.0. The van der Waals surface area contributed by atoms with Crippen LogP contribution in [-0.2, 0) is 17.8 Å². The Morgan fingerprint density at radius 2 is 2.20 bits per heavy atom. The summed E-state index contributed by atoms with van der Waals surface area (Å²) in [4.78, 5) is 27.6. The first-order chi connectivity index (χ1) is 14.4. The predicted molar refractivity (Wildman–Crippen MR) is 124 cm³/mol. The van der Waals surface area contributed by atoms with Crippen LogP contribution in [-0.4, -0.2) is 52.9 Å². The van der Waals surface area contributed by atoms with E-state index in [1.807, 2.05) is 55.1 Å². The normalized spacial score (nSPS) is 14.0. The second-order valence-electron chi connectivity index (χ2n) is 7.67. The Kier molecular flexibility index (Phi) is 6.04. The average Bonchev–Trinajstić information content (AvgIpc) is 3.09. The van der Waals surface area contributed by atoms with E-state index in [2.05, 4.69) is 15.3 Å². The molecule has 156 valence electrons. The summed E-state index contributed by atoms with van der Waals surface area (Å²) in [5.74, 6) is 0.853. The van der Waals surface area contributed by atoms with Crippen molar-refractivity contribution >= 4 is 50.6 Å². The highest BCUT2D eigenvalue weighted by Gasteiger charge is 2.25. The first kappa shape index (κ1) is 20.8. The number of aromatic nitrogens is 2. The number of likely N-dealkylation sites (N-methyl/N-ethyl adjacent to an activating group) is 1. The lowest BCUT2D eigenvalue weighted by atomic mass is 10.0. The number of hydrogen-bond donors (Lipinski definition) is 1. The van der Waals surface area contributed by atoms with Gasteiger partial charge in [0.15, 0.2) is 0 Å². The summed E-state index contributed by atoms with van der Waals surface area (Å²) in [7, 11) is 3.97. The summed E-state index contributed by atoms with van der Waals surface area (Å²) in [6, 6.07) is 5.84. The van der Waals surface area contributed by atoms with E-state index in [9.17, 15) is 4.79 Å². The van der Waals surface area contributed by atoms with Crippen molar-refractivity contribution in [2.45, 2.75) is 19.9 Å². The molecule has 4 rings (SSSR count). The van der Waals surface area contributed by atoms with Crippen molar-refractivity contribution in [1.82, 2.24) is 19.8 Å². The third-order valence-corrected chi connectivity index (χ3v) is 6.65. The molecule has 3 heterocycles. The number of nitrogens with one attached hydrogen (secondary N) is 1. The van der Waals surface area contributed by atoms with E-state index in [-0.39, 0.29) is 5.91 Å². The Balaban J connectivity index is 1.59. The molecule has 0 atom stereocenters. The molecule has 0 unspecified atom stereocenters. The molecule has 0 saturated heterocycles. The summed E-state index contributed by atoms with van der Waals surface area (Å²) in [6.07, 6.45) is 5.96. The zero-order chi connectivity index (χ0) is 21.3. The van der Waals surface area contributed by atoms with Gasteiger partial charge < -0.3 is 15.1 Å². The number of aryl methyl sites for hydroxylation is 1. The van der Waals surface area contributed by atoms with Crippen LogP contribution in [0.15, 0.2) is 36.7 Å². The van der Waals surface area contributed by atoms with Crippen LogP contribution >= 0.6 is 22.9 Å². The van der Waals surface area contributed by atoms with Gasteiger partial charge >= 0.3 is 0 Å². The minimum absolute atomic E-state index is 0.0565. The fourth-order valence-electron chi connectivity index (χ4n) is 3.54. The van der Waals surface area contributed by atoms with Crippen LogP contribution in [0.2, 0.25) is 5.02 Å². The van der Waals surface area contributed by atoms with E-state index in [4.69, 9.17) is 11.6 Å². The number of carbonyl (C=O) groups excluding carboxylic acids is 1. The lowest BCUT2D eigenvalue weighted by molar-refractivity contribution is -0.126. The fraction of sp³-hybridized carbons (Fsp3) is 0.318. The van der Waals surface area contributed by atoms with Gasteiger partial charge in [0, 0.05) is 34.8 Å². The molecule has 0 bridgehead atoms. The fourth-order valence-corrected chi connectivity index (χ4v) is 4.86. The van der Waals surface area contributed by atoms with Crippen molar-refractivity contribution < 1.29 is 4.79 Å². The quantitative estimate of drug-likeness (QED) is 0.594. The molecule has 1 aliphatic rings. The third-order valence-electron chi connectivity index (χ3n) is 5.10. The summed E-state index contributed by atoms with van der Waals surface area (Å²) >= 11 is 7.79. The van der Waals surface area contributed by atoms with Crippen LogP contribution in [0.3, 0.4) is 0 Å². The Morgan fingerprint density at radius 1 is 1.37 bits per heavy atom. The van der Waals surface area contributed by atoms with Gasteiger partial charge in [0.1, 0.15) is 17.0 Å². The maximum atomic E-state index is 12.5. The zero-order valence-corrected chi connectivity index (χ0v) is 18.8. The highest BCUT2D eigenvalue weighted by molar-refractivity contribution is 7.19. The number of rotatable bonds is 5. The molecule has 1 N–H and O–H groups in total. The highest BCUT2D eigenvalue weighted by Crippen LogP contribution is 2.38. The van der Waals surface area contributed by atoms with Crippen molar-refractivity contribution in [2.24, 2.45) is 0 Å². The molecule has 0 aliphatic carbocycles. The maximum absolute atomic E-state index is 12.5. The molecule has 0 radical (unpaired) electrons. The minimum atomic E-state index is 0.0565. The average molecular weight is 442 g/mol. The Hall–Kier alpha value is -2.48. The third kappa shape index (κ3) is 4.33. The molecule has 6 nitrogen and oxygen atoms in total. The smallest absolute Gasteiger partial charge is 0.246 e. The van der Waals surface area contributed by atoms with Gasteiger partial charge in [-0.25, -0.2) is 9.97 Å². The van der Waals surface area contributed by atoms with E-state index in [1.165, 1.54) is 10.4 Å². The van der Waals surface area contributed by atoms with Crippen LogP contribution in [0.4, 0.5) is 11.5 Å². The summed E-state index contributed by atoms with van der Waals surface area (Å²) in [6.45, 7) is 4.04. The van der Waals surface area contributed by atoms with Crippen molar-refractivity contribution in [3.8, 4) is 0 Å². The summed E-state index contributed by atoms with van der Waals surface area (Å²) < 4.78 is 0. The van der Waals surface area contributed by atoms with Gasteiger partial charge in [0.2, 0.25) is 5.91 Å². The molecular formula is C22H24ClN5OS. The molecule has 30 heavy (non-hydrogen) atoms. The molecule has 0 fully saturated rings. The van der Waals surface area contributed by atoms with Crippen molar-refractivity contribution in [3.05, 3.63) is 57.7 Å². The van der Waals surface area contributed by atoms with Crippen molar-refractivity contribution in [2.75, 3.05) is 32.5 Å². The van der Waals surface area contributed by atoms with E-state index < -0.39 is 0 Å². The summed E-state index contributed by atoms with van der Waals surface area (Å²) in [5.41, 5.74) is 3.19. The van der Waals surface area contributed by atoms with Gasteiger partial charge in [0.25, 0.3) is 0 Å². The Morgan fingerprint density at radius 3 is 2.97 bits per heavy atom. The molecular weight excluding hydrogens is 418 g/mol. The van der Waals surface area contributed by atoms with Gasteiger partial charge in [-0.3, -0.25) is 4.79 Å². The first-order valence-electron chi connectivity index (χ1n) is 9.81. The maximum Gasteiger partial charge on any atom is 0.246 e. The molecule has 3 aromatic rings. The molecule has 8 heteroatoms. The highest BCUT2D eigenvalue weighted by atomic mass is 35.5. The zero-order valence-electron chi connectivity index (χ0n) is 17.3. The van der Waals surface area contributed by atoms with Gasteiger partial charge in [-0.05, 0) is 56.8 Å². The van der Waals surface area contributed by atoms with Crippen LogP contribution in [0.25, 0.3) is 10.2 Å². The largest absolute Gasteiger partial charge is 0.340 e. The number of carbonyl (C=O) groups is 1. The van der Waals surface area contributed by atoms with Gasteiger partial charge in [-0.2, -0.15) is 0 Å². The van der Waals surface area contributed by atoms with E-state index in [0.29, 0.717) is 13.1 Å². The second-order valence-corrected chi connectivity index (χ2v) is 9.16. The number of fused-ring (bicyclic) bond motifs is 3. The number of nitrogens with zero attached hydrogens (tertiary/aromatic N) is 4. The number of anilines is 2. The Labute approximate surface area is 185 Å². The van der Waals surface area contributed by atoms with Crippen molar-refractivity contribution in [1.29, 1.82) is 0 Å². The lowest BCUT2D eigenvalue weighted by Gasteiger charge is -2.26. The van der Waals surface area contributed by atoms with Crippen LogP contribution < -0.4 is 5.32 Å². The summed E-state index contributed by atoms with van der Waals surface area (Å²) in [5, 5.41) is 5.22. The van der Waals surface area contributed by atoms with Gasteiger partial charge in [-0.1, -0.05) is 17.7 Å². The van der Waals surface area contributed by atoms with Crippen LogP contribution in [0, 0.1) is 6.92 Å². The Bertz CT molecular complexity index is 1120. The number of thiophene rings is 1. The standard InChI is InChI=1S/C22H24ClN5OS/c1-14-11-15(6-7-17(14)23)26-21-20-16-8-10-28(19(29)5-4-9-27(2)3)12-18(16)30-22(20)25-13-24-21/h4-7,11,13H,8-10,12H2,1-3H3,(H,24,25,26)/b5-4+. The van der Waals surface area contributed by atoms with Crippen LogP contribution in [0.5, 0.6) is 0 Å². The minimum Gasteiger partial charge on any atom is -0.340 e. The lowest BCUT2D eigenvalue weighted by Crippen LogP contribution is -2.34. The van der Waals surface area contributed by atoms with E-state index in [0.717, 1.165) is 45.3 Å². The topological polar surface area (TPSA) is 61.4 Å². The van der Waals surface area contributed by atoms with Crippen molar-refractivity contribution in [3.63, 3.8) is 0 Å². The van der Waals surface area contributed by atoms with Crippen LogP contribution in [0.1, 0.15) is 16.0 Å². The molecule has 2 aromatic heterocycles. The molecule has 1 aliphatic heterocycles. The number of halogens is 1. The molecule has 1 aromatic carbocycles. The second kappa shape index (κ2) is 8.71. The monoisotopic (exact) mass is 441 g/mol. The number of amides is 1.